The van der Waals surface area contributed by atoms with E-state index in [1.165, 1.54) is 0 Å². The second-order valence-corrected chi connectivity index (χ2v) is 7.77. The molecule has 1 fully saturated rings. The van der Waals surface area contributed by atoms with Gasteiger partial charge < -0.3 is 15.0 Å². The van der Waals surface area contributed by atoms with Gasteiger partial charge in [0.25, 0.3) is 0 Å². The van der Waals surface area contributed by atoms with Gasteiger partial charge in [0.05, 0.1) is 11.7 Å². The number of ether oxygens (including phenoxy) is 1. The molecule has 1 aliphatic carbocycles. The average molecular weight is 370 g/mol. The standard InChI is InChI=1S/C19H26N6O2/c1-4-12-7-13(27-19(26)22-9-11(2)3)8-14(12)18-24-23-16-10-21-17-15(25(16)18)5-6-20-17/h5-6,10-14,20H,4,7-9H2,1-3H3,(H,22,26). The third-order valence-electron chi connectivity index (χ3n) is 5.40. The van der Waals surface area contributed by atoms with Crippen molar-refractivity contribution in [3.8, 4) is 0 Å². The Morgan fingerprint density at radius 3 is 3.04 bits per heavy atom. The summed E-state index contributed by atoms with van der Waals surface area (Å²) >= 11 is 0. The van der Waals surface area contributed by atoms with Crippen LogP contribution >= 0.6 is 0 Å². The van der Waals surface area contributed by atoms with Gasteiger partial charge in [-0.15, -0.1) is 10.2 Å². The molecule has 3 aromatic heterocycles. The van der Waals surface area contributed by atoms with Crippen LogP contribution in [0.3, 0.4) is 0 Å². The van der Waals surface area contributed by atoms with Crippen LogP contribution in [0, 0.1) is 11.8 Å². The lowest BCUT2D eigenvalue weighted by atomic mass is 9.93. The van der Waals surface area contributed by atoms with Crippen LogP contribution in [0.2, 0.25) is 0 Å². The number of hydrogen-bond acceptors (Lipinski definition) is 5. The van der Waals surface area contributed by atoms with Crippen molar-refractivity contribution in [2.45, 2.75) is 52.1 Å². The molecule has 144 valence electrons. The third-order valence-corrected chi connectivity index (χ3v) is 5.40. The lowest BCUT2D eigenvalue weighted by molar-refractivity contribution is 0.0973. The van der Waals surface area contributed by atoms with Crippen molar-refractivity contribution in [2.75, 3.05) is 6.54 Å². The Bertz CT molecular complexity index is 946. The lowest BCUT2D eigenvalue weighted by Gasteiger charge is -2.15. The Morgan fingerprint density at radius 2 is 2.26 bits per heavy atom. The first kappa shape index (κ1) is 17.8. The van der Waals surface area contributed by atoms with E-state index in [2.05, 4.69) is 50.7 Å². The molecule has 0 aliphatic heterocycles. The number of H-pyrrole nitrogens is 1. The topological polar surface area (TPSA) is 97.2 Å². The van der Waals surface area contributed by atoms with E-state index in [0.717, 1.165) is 41.9 Å². The zero-order valence-corrected chi connectivity index (χ0v) is 16.0. The molecule has 1 aliphatic rings. The van der Waals surface area contributed by atoms with Gasteiger partial charge in [-0.1, -0.05) is 27.2 Å². The Hall–Kier alpha value is -2.64. The summed E-state index contributed by atoms with van der Waals surface area (Å²) < 4.78 is 7.76. The van der Waals surface area contributed by atoms with Crippen molar-refractivity contribution in [1.82, 2.24) is 29.9 Å². The minimum atomic E-state index is -0.326. The Kier molecular flexibility index (Phi) is 4.72. The summed E-state index contributed by atoms with van der Waals surface area (Å²) in [5, 5.41) is 11.6. The first-order valence-electron chi connectivity index (χ1n) is 9.68. The number of amides is 1. The maximum Gasteiger partial charge on any atom is 0.407 e. The van der Waals surface area contributed by atoms with Gasteiger partial charge >= 0.3 is 6.09 Å². The van der Waals surface area contributed by atoms with Gasteiger partial charge in [0.2, 0.25) is 0 Å². The second kappa shape index (κ2) is 7.17. The zero-order valence-electron chi connectivity index (χ0n) is 16.0. The monoisotopic (exact) mass is 370 g/mol. The van der Waals surface area contributed by atoms with Crippen molar-refractivity contribution in [1.29, 1.82) is 0 Å². The van der Waals surface area contributed by atoms with Crippen LogP contribution in [0.5, 0.6) is 0 Å². The zero-order chi connectivity index (χ0) is 19.0. The molecule has 0 saturated heterocycles. The van der Waals surface area contributed by atoms with Gasteiger partial charge in [-0.2, -0.15) is 0 Å². The van der Waals surface area contributed by atoms with Gasteiger partial charge in [0.15, 0.2) is 11.3 Å². The van der Waals surface area contributed by atoms with Gasteiger partial charge in [-0.05, 0) is 30.7 Å². The van der Waals surface area contributed by atoms with Crippen LogP contribution in [-0.2, 0) is 4.74 Å². The number of rotatable bonds is 5. The highest BCUT2D eigenvalue weighted by molar-refractivity contribution is 5.74. The van der Waals surface area contributed by atoms with Crippen molar-refractivity contribution in [3.05, 3.63) is 24.3 Å². The van der Waals surface area contributed by atoms with E-state index in [-0.39, 0.29) is 18.1 Å². The molecule has 8 heteroatoms. The molecule has 8 nitrogen and oxygen atoms in total. The van der Waals surface area contributed by atoms with Crippen LogP contribution in [0.15, 0.2) is 18.5 Å². The number of nitrogens with zero attached hydrogens (tertiary/aromatic N) is 4. The average Bonchev–Trinajstić information content (AvgIpc) is 3.35. The predicted octanol–water partition coefficient (Wildman–Crippen LogP) is 3.26. The summed E-state index contributed by atoms with van der Waals surface area (Å²) in [7, 11) is 0. The number of carbonyl (C=O) groups is 1. The van der Waals surface area contributed by atoms with E-state index >= 15 is 0 Å². The molecule has 3 aromatic rings. The maximum atomic E-state index is 12.1. The molecule has 0 bridgehead atoms. The SMILES string of the molecule is CCC1CC(OC(=O)NCC(C)C)CC1c1nnc2cnc3[nH]ccc3n12. The summed E-state index contributed by atoms with van der Waals surface area (Å²) in [5.74, 6) is 1.94. The number of hydrogen-bond donors (Lipinski definition) is 2. The molecule has 1 amide bonds. The largest absolute Gasteiger partial charge is 0.446 e. The maximum absolute atomic E-state index is 12.1. The van der Waals surface area contributed by atoms with Crippen molar-refractivity contribution < 1.29 is 9.53 Å². The quantitative estimate of drug-likeness (QED) is 0.718. The number of fused-ring (bicyclic) bond motifs is 3. The van der Waals surface area contributed by atoms with E-state index in [0.29, 0.717) is 18.4 Å². The van der Waals surface area contributed by atoms with Crippen molar-refractivity contribution in [2.24, 2.45) is 11.8 Å². The first-order chi connectivity index (χ1) is 13.1. The predicted molar refractivity (Wildman–Crippen MR) is 102 cm³/mol. The summed E-state index contributed by atoms with van der Waals surface area (Å²) in [5.41, 5.74) is 2.53. The van der Waals surface area contributed by atoms with Crippen LogP contribution in [-0.4, -0.2) is 43.3 Å². The molecular weight excluding hydrogens is 344 g/mol. The van der Waals surface area contributed by atoms with Gasteiger partial charge in [-0.3, -0.25) is 4.40 Å². The second-order valence-electron chi connectivity index (χ2n) is 7.77. The third kappa shape index (κ3) is 3.36. The molecule has 2 N–H and O–H groups in total. The van der Waals surface area contributed by atoms with Crippen molar-refractivity contribution in [3.63, 3.8) is 0 Å². The van der Waals surface area contributed by atoms with Crippen LogP contribution in [0.1, 0.15) is 51.8 Å². The van der Waals surface area contributed by atoms with E-state index in [1.54, 1.807) is 6.20 Å². The number of alkyl carbamates (subject to hydrolysis) is 1. The number of aromatic amines is 1. The number of nitrogens with one attached hydrogen (secondary N) is 2. The fourth-order valence-electron chi connectivity index (χ4n) is 4.06. The highest BCUT2D eigenvalue weighted by Crippen LogP contribution is 2.42. The molecule has 3 heterocycles. The van der Waals surface area contributed by atoms with Gasteiger partial charge in [-0.25, -0.2) is 9.78 Å². The summed E-state index contributed by atoms with van der Waals surface area (Å²) in [4.78, 5) is 19.6. The first-order valence-corrected chi connectivity index (χ1v) is 9.68. The Balaban J connectivity index is 1.57. The molecule has 3 atom stereocenters. The van der Waals surface area contributed by atoms with E-state index in [1.807, 2.05) is 12.3 Å². The molecule has 0 aromatic carbocycles. The molecule has 0 radical (unpaired) electrons. The Labute approximate surface area is 157 Å². The Morgan fingerprint density at radius 1 is 1.41 bits per heavy atom. The molecule has 27 heavy (non-hydrogen) atoms. The normalized spacial score (nSPS) is 22.7. The summed E-state index contributed by atoms with van der Waals surface area (Å²) in [6, 6.07) is 1.99. The molecule has 0 spiro atoms. The van der Waals surface area contributed by atoms with Crippen LogP contribution in [0.25, 0.3) is 16.8 Å². The highest BCUT2D eigenvalue weighted by atomic mass is 16.6. The van der Waals surface area contributed by atoms with E-state index in [4.69, 9.17) is 4.74 Å². The molecule has 3 unspecified atom stereocenters. The van der Waals surface area contributed by atoms with Crippen LogP contribution < -0.4 is 5.32 Å². The minimum Gasteiger partial charge on any atom is -0.446 e. The fourth-order valence-corrected chi connectivity index (χ4v) is 4.06. The fraction of sp³-hybridized carbons (Fsp3) is 0.579. The molecule has 1 saturated carbocycles. The molecular formula is C19H26N6O2. The van der Waals surface area contributed by atoms with Crippen LogP contribution in [0.4, 0.5) is 4.79 Å². The summed E-state index contributed by atoms with van der Waals surface area (Å²) in [6.45, 7) is 6.92. The van der Waals surface area contributed by atoms with E-state index < -0.39 is 0 Å². The smallest absolute Gasteiger partial charge is 0.407 e. The highest BCUT2D eigenvalue weighted by Gasteiger charge is 2.39. The molecule has 4 rings (SSSR count). The number of aromatic nitrogens is 5. The van der Waals surface area contributed by atoms with Gasteiger partial charge in [0, 0.05) is 18.7 Å². The van der Waals surface area contributed by atoms with Crippen molar-refractivity contribution >= 4 is 22.9 Å². The van der Waals surface area contributed by atoms with Gasteiger partial charge in [0.1, 0.15) is 11.9 Å². The minimum absolute atomic E-state index is 0.0944. The van der Waals surface area contributed by atoms with E-state index in [9.17, 15) is 4.79 Å². The lowest BCUT2D eigenvalue weighted by Crippen LogP contribution is -2.30. The summed E-state index contributed by atoms with van der Waals surface area (Å²) in [6.07, 6.45) is 5.82. The number of carbonyl (C=O) groups excluding carboxylic acids is 1.